The summed E-state index contributed by atoms with van der Waals surface area (Å²) >= 11 is 6.00. The number of halogens is 1. The van der Waals surface area contributed by atoms with Crippen molar-refractivity contribution in [3.05, 3.63) is 11.5 Å². The van der Waals surface area contributed by atoms with Crippen LogP contribution in [0.25, 0.3) is 11.2 Å². The largest absolute Gasteiger partial charge is 0.362 e. The molecule has 3 heterocycles. The molecule has 1 saturated heterocycles. The van der Waals surface area contributed by atoms with Gasteiger partial charge in [0.2, 0.25) is 0 Å². The van der Waals surface area contributed by atoms with Crippen LogP contribution in [0.5, 0.6) is 0 Å². The van der Waals surface area contributed by atoms with E-state index in [1.165, 1.54) is 19.3 Å². The molecule has 0 bridgehead atoms. The predicted octanol–water partition coefficient (Wildman–Crippen LogP) is 2.15. The van der Waals surface area contributed by atoms with Gasteiger partial charge in [0.15, 0.2) is 10.8 Å². The molecule has 0 radical (unpaired) electrons. The van der Waals surface area contributed by atoms with Crippen molar-refractivity contribution >= 4 is 35.1 Å². The third kappa shape index (κ3) is 2.28. The Hall–Kier alpha value is -1.69. The zero-order chi connectivity index (χ0) is 12.4. The first-order chi connectivity index (χ1) is 8.83. The van der Waals surface area contributed by atoms with Gasteiger partial charge in [-0.1, -0.05) is 11.6 Å². The van der Waals surface area contributed by atoms with Crippen molar-refractivity contribution in [2.24, 2.45) is 4.99 Å². The smallest absolute Gasteiger partial charge is 0.254 e. The number of rotatable bonds is 2. The third-order valence-electron chi connectivity index (χ3n) is 2.95. The zero-order valence-electron chi connectivity index (χ0n) is 9.80. The molecule has 3 rings (SSSR count). The number of piperidine rings is 1. The van der Waals surface area contributed by atoms with Gasteiger partial charge in [0.25, 0.3) is 5.95 Å². The number of fused-ring (bicyclic) bond motifs is 1. The predicted molar refractivity (Wildman–Crippen MR) is 70.3 cm³/mol. The number of hydrogen-bond donors (Lipinski definition) is 1. The Morgan fingerprint density at radius 1 is 1.28 bits per heavy atom. The van der Waals surface area contributed by atoms with Gasteiger partial charge >= 0.3 is 0 Å². The summed E-state index contributed by atoms with van der Waals surface area (Å²) < 4.78 is 0. The molecule has 1 fully saturated rings. The van der Waals surface area contributed by atoms with E-state index in [2.05, 4.69) is 29.8 Å². The van der Waals surface area contributed by atoms with Crippen molar-refractivity contribution in [1.82, 2.24) is 24.8 Å². The van der Waals surface area contributed by atoms with Crippen LogP contribution in [0.15, 0.2) is 11.3 Å². The molecular weight excluding hydrogens is 252 g/mol. The summed E-state index contributed by atoms with van der Waals surface area (Å²) in [6.07, 6.45) is 7.07. The van der Waals surface area contributed by atoms with E-state index in [1.807, 2.05) is 0 Å². The van der Waals surface area contributed by atoms with Gasteiger partial charge in [-0.15, -0.1) is 0 Å². The lowest BCUT2D eigenvalue weighted by molar-refractivity contribution is 0.351. The number of H-pyrrole nitrogens is 1. The third-order valence-corrected chi connectivity index (χ3v) is 3.22. The number of nitrogens with zero attached hydrogens (tertiary/aromatic N) is 5. The molecule has 2 aromatic rings. The maximum atomic E-state index is 6.00. The lowest BCUT2D eigenvalue weighted by atomic mass is 10.1. The van der Waals surface area contributed by atoms with Crippen LogP contribution >= 0.6 is 11.6 Å². The fourth-order valence-corrected chi connectivity index (χ4v) is 2.23. The van der Waals surface area contributed by atoms with Crippen LogP contribution in [0.4, 0.5) is 5.95 Å². The van der Waals surface area contributed by atoms with E-state index in [4.69, 9.17) is 11.6 Å². The van der Waals surface area contributed by atoms with Crippen LogP contribution in [0.3, 0.4) is 0 Å². The summed E-state index contributed by atoms with van der Waals surface area (Å²) in [6.45, 7) is 2.09. The first kappa shape index (κ1) is 11.4. The van der Waals surface area contributed by atoms with Gasteiger partial charge in [0.05, 0.1) is 12.7 Å². The number of aromatic amines is 1. The van der Waals surface area contributed by atoms with Gasteiger partial charge < -0.3 is 9.88 Å². The van der Waals surface area contributed by atoms with Crippen molar-refractivity contribution in [2.75, 3.05) is 13.1 Å². The molecule has 0 amide bonds. The SMILES string of the molecule is Clc1nc(/N=C/N2CCCCC2)nc2[nH]cnc12. The van der Waals surface area contributed by atoms with Gasteiger partial charge in [0, 0.05) is 13.1 Å². The Labute approximate surface area is 109 Å². The molecule has 0 aromatic carbocycles. The van der Waals surface area contributed by atoms with Gasteiger partial charge in [0.1, 0.15) is 5.52 Å². The Balaban J connectivity index is 1.83. The normalized spacial score (nSPS) is 16.8. The number of imidazole rings is 1. The van der Waals surface area contributed by atoms with E-state index in [9.17, 15) is 0 Å². The minimum atomic E-state index is 0.326. The van der Waals surface area contributed by atoms with Crippen LogP contribution in [0, 0.1) is 0 Å². The van der Waals surface area contributed by atoms with E-state index < -0.39 is 0 Å². The summed E-state index contributed by atoms with van der Waals surface area (Å²) in [4.78, 5) is 21.7. The fraction of sp³-hybridized carbons (Fsp3) is 0.455. The van der Waals surface area contributed by atoms with Crippen molar-refractivity contribution < 1.29 is 0 Å². The van der Waals surface area contributed by atoms with Gasteiger partial charge in [-0.2, -0.15) is 9.97 Å². The second kappa shape index (κ2) is 4.89. The van der Waals surface area contributed by atoms with Crippen molar-refractivity contribution in [3.63, 3.8) is 0 Å². The molecule has 0 saturated carbocycles. The summed E-state index contributed by atoms with van der Waals surface area (Å²) in [5, 5.41) is 0.326. The van der Waals surface area contributed by atoms with Crippen molar-refractivity contribution in [1.29, 1.82) is 0 Å². The highest BCUT2D eigenvalue weighted by Crippen LogP contribution is 2.19. The van der Waals surface area contributed by atoms with Crippen LogP contribution in [0.1, 0.15) is 19.3 Å². The molecule has 7 heteroatoms. The second-order valence-corrected chi connectivity index (χ2v) is 4.61. The molecule has 0 atom stereocenters. The van der Waals surface area contributed by atoms with Gasteiger partial charge in [-0.05, 0) is 19.3 Å². The molecule has 1 aliphatic rings. The Morgan fingerprint density at radius 3 is 2.94 bits per heavy atom. The molecule has 1 aliphatic heterocycles. The van der Waals surface area contributed by atoms with Crippen LogP contribution in [-0.2, 0) is 0 Å². The fourth-order valence-electron chi connectivity index (χ4n) is 2.01. The van der Waals surface area contributed by atoms with Crippen LogP contribution in [0.2, 0.25) is 5.15 Å². The number of nitrogens with one attached hydrogen (secondary N) is 1. The number of likely N-dealkylation sites (tertiary alicyclic amines) is 1. The average Bonchev–Trinajstić information content (AvgIpc) is 2.86. The standard InChI is InChI=1S/C11H13ClN6/c12-9-8-10(14-6-13-8)17-11(16-9)15-7-18-4-2-1-3-5-18/h6-7H,1-5H2,(H,13,14,16,17)/b15-7+. The molecule has 0 unspecified atom stereocenters. The first-order valence-electron chi connectivity index (χ1n) is 5.98. The highest BCUT2D eigenvalue weighted by Gasteiger charge is 2.08. The second-order valence-electron chi connectivity index (χ2n) is 4.26. The first-order valence-corrected chi connectivity index (χ1v) is 6.35. The maximum absolute atomic E-state index is 6.00. The highest BCUT2D eigenvalue weighted by atomic mass is 35.5. The highest BCUT2D eigenvalue weighted by molar-refractivity contribution is 6.33. The number of aliphatic imine (C=N–C) groups is 1. The molecule has 18 heavy (non-hydrogen) atoms. The van der Waals surface area contributed by atoms with Crippen molar-refractivity contribution in [3.8, 4) is 0 Å². The number of hydrogen-bond acceptors (Lipinski definition) is 4. The molecule has 0 spiro atoms. The van der Waals surface area contributed by atoms with Crippen LogP contribution in [-0.4, -0.2) is 44.3 Å². The maximum Gasteiger partial charge on any atom is 0.254 e. The Kier molecular flexibility index (Phi) is 3.10. The Morgan fingerprint density at radius 2 is 2.11 bits per heavy atom. The lowest BCUT2D eigenvalue weighted by Crippen LogP contribution is -2.28. The molecule has 0 aliphatic carbocycles. The molecule has 94 valence electrons. The minimum Gasteiger partial charge on any atom is -0.362 e. The molecular formula is C11H13ClN6. The van der Waals surface area contributed by atoms with Crippen LogP contribution < -0.4 is 0 Å². The number of aromatic nitrogens is 4. The van der Waals surface area contributed by atoms with Crippen molar-refractivity contribution in [2.45, 2.75) is 19.3 Å². The summed E-state index contributed by atoms with van der Waals surface area (Å²) in [7, 11) is 0. The van der Waals surface area contributed by atoms with E-state index in [0.717, 1.165) is 13.1 Å². The minimum absolute atomic E-state index is 0.326. The van der Waals surface area contributed by atoms with Gasteiger partial charge in [-0.25, -0.2) is 9.98 Å². The Bertz CT molecular complexity index is 572. The summed E-state index contributed by atoms with van der Waals surface area (Å²) in [5.74, 6) is 0.363. The molecule has 2 aromatic heterocycles. The summed E-state index contributed by atoms with van der Waals surface area (Å²) in [5.41, 5.74) is 1.19. The van der Waals surface area contributed by atoms with E-state index in [0.29, 0.717) is 22.3 Å². The van der Waals surface area contributed by atoms with E-state index in [-0.39, 0.29) is 0 Å². The topological polar surface area (TPSA) is 70.1 Å². The van der Waals surface area contributed by atoms with E-state index >= 15 is 0 Å². The zero-order valence-corrected chi connectivity index (χ0v) is 10.6. The summed E-state index contributed by atoms with van der Waals surface area (Å²) in [6, 6.07) is 0. The van der Waals surface area contributed by atoms with Gasteiger partial charge in [-0.3, -0.25) is 0 Å². The molecule has 6 nitrogen and oxygen atoms in total. The lowest BCUT2D eigenvalue weighted by Gasteiger charge is -2.23. The average molecular weight is 265 g/mol. The van der Waals surface area contributed by atoms with E-state index in [1.54, 1.807) is 12.7 Å². The quantitative estimate of drug-likeness (QED) is 0.513. The monoisotopic (exact) mass is 264 g/mol. The molecule has 1 N–H and O–H groups in total.